The number of aliphatic hydroxyl groups is 2. The number of carbonyl (C=O) groups is 1. The fourth-order valence-corrected chi connectivity index (χ4v) is 10.9. The Morgan fingerprint density at radius 2 is 1.64 bits per heavy atom. The number of aliphatic hydroxyl groups excluding tert-OH is 2. The molecule has 0 radical (unpaired) electrons. The first-order valence-electron chi connectivity index (χ1n) is 14.8. The summed E-state index contributed by atoms with van der Waals surface area (Å²) < 4.78 is 5.68. The highest BCUT2D eigenvalue weighted by Crippen LogP contribution is 2.75. The molecule has 0 spiro atoms. The number of fused-ring (bicyclic) bond motifs is 7. The van der Waals surface area contributed by atoms with Gasteiger partial charge in [0.05, 0.1) is 18.1 Å². The van der Waals surface area contributed by atoms with E-state index in [2.05, 4.69) is 54.5 Å². The van der Waals surface area contributed by atoms with Crippen molar-refractivity contribution in [3.05, 3.63) is 11.6 Å². The summed E-state index contributed by atoms with van der Waals surface area (Å²) in [6, 6.07) is 0. The van der Waals surface area contributed by atoms with E-state index >= 15 is 0 Å². The van der Waals surface area contributed by atoms with Gasteiger partial charge in [-0.1, -0.05) is 60.1 Å². The highest BCUT2D eigenvalue weighted by Gasteiger charge is 2.69. The maximum atomic E-state index is 13.6. The number of carbonyl (C=O) groups excluding carboxylic acids is 1. The van der Waals surface area contributed by atoms with Gasteiger partial charge in [-0.2, -0.15) is 0 Å². The molecule has 4 saturated carbocycles. The lowest BCUT2D eigenvalue weighted by molar-refractivity contribution is -0.206. The van der Waals surface area contributed by atoms with Crippen LogP contribution in [0.1, 0.15) is 113 Å². The van der Waals surface area contributed by atoms with E-state index in [9.17, 15) is 15.0 Å². The maximum absolute atomic E-state index is 13.6. The first-order chi connectivity index (χ1) is 16.7. The molecule has 5 aliphatic rings. The molecule has 0 saturated heterocycles. The van der Waals surface area contributed by atoms with Crippen LogP contribution in [0.25, 0.3) is 0 Å². The van der Waals surface area contributed by atoms with E-state index in [-0.39, 0.29) is 58.3 Å². The van der Waals surface area contributed by atoms with E-state index in [4.69, 9.17) is 4.74 Å². The van der Waals surface area contributed by atoms with E-state index in [0.29, 0.717) is 11.8 Å². The molecule has 0 aromatic heterocycles. The molecule has 2 unspecified atom stereocenters. The number of esters is 1. The summed E-state index contributed by atoms with van der Waals surface area (Å²) in [5.74, 6) is 1.33. The molecule has 8 atom stereocenters. The van der Waals surface area contributed by atoms with E-state index in [0.717, 1.165) is 51.4 Å². The zero-order valence-electron chi connectivity index (χ0n) is 24.1. The van der Waals surface area contributed by atoms with Crippen molar-refractivity contribution in [1.29, 1.82) is 0 Å². The average Bonchev–Trinajstić information content (AvgIpc) is 2.80. The summed E-state index contributed by atoms with van der Waals surface area (Å²) >= 11 is 0. The molecule has 36 heavy (non-hydrogen) atoms. The maximum Gasteiger partial charge on any atom is 0.312 e. The molecule has 2 N–H and O–H groups in total. The minimum absolute atomic E-state index is 0.0369. The SMILES string of the molecule is CC1(C)CC[C@]2(C(=O)OCCO)CC[C@]3(C)C(=CCC4[C@@]5(C)CC[C@H](O)C(C)(C)C5CC[C@]43C)[C@@H]2C1. The quantitative estimate of drug-likeness (QED) is 0.335. The first kappa shape index (κ1) is 26.7. The number of rotatable bonds is 3. The van der Waals surface area contributed by atoms with Gasteiger partial charge in [0.25, 0.3) is 0 Å². The predicted molar refractivity (Wildman–Crippen MR) is 143 cm³/mol. The summed E-state index contributed by atoms with van der Waals surface area (Å²) in [7, 11) is 0. The Morgan fingerprint density at radius 3 is 2.33 bits per heavy atom. The molecule has 4 heteroatoms. The molecule has 0 aliphatic heterocycles. The summed E-state index contributed by atoms with van der Waals surface area (Å²) in [6.45, 7) is 17.1. The molecule has 0 aromatic rings. The van der Waals surface area contributed by atoms with Gasteiger partial charge in [0.15, 0.2) is 0 Å². The van der Waals surface area contributed by atoms with E-state index in [1.54, 1.807) is 5.57 Å². The third-order valence-corrected chi connectivity index (χ3v) is 13.3. The molecular formula is C32H52O4. The van der Waals surface area contributed by atoms with Crippen molar-refractivity contribution in [2.24, 2.45) is 50.2 Å². The third-order valence-electron chi connectivity index (χ3n) is 13.3. The predicted octanol–water partition coefficient (Wildman–Crippen LogP) is 6.68. The van der Waals surface area contributed by atoms with Crippen LogP contribution in [0.4, 0.5) is 0 Å². The molecule has 0 aromatic carbocycles. The van der Waals surface area contributed by atoms with Crippen molar-refractivity contribution in [3.8, 4) is 0 Å². The first-order valence-corrected chi connectivity index (χ1v) is 14.8. The number of allylic oxidation sites excluding steroid dienone is 2. The monoisotopic (exact) mass is 500 g/mol. The van der Waals surface area contributed by atoms with E-state index in [1.165, 1.54) is 12.8 Å². The molecule has 0 bridgehead atoms. The Hall–Kier alpha value is -0.870. The molecule has 4 fully saturated rings. The normalized spacial score (nSPS) is 49.0. The number of hydrogen-bond acceptors (Lipinski definition) is 4. The van der Waals surface area contributed by atoms with Gasteiger partial charge >= 0.3 is 5.97 Å². The van der Waals surface area contributed by atoms with Gasteiger partial charge in [-0.25, -0.2) is 0 Å². The average molecular weight is 501 g/mol. The lowest BCUT2D eigenvalue weighted by Crippen LogP contribution is -2.65. The topological polar surface area (TPSA) is 66.8 Å². The Balaban J connectivity index is 1.57. The molecule has 0 amide bonds. The van der Waals surface area contributed by atoms with Gasteiger partial charge < -0.3 is 14.9 Å². The van der Waals surface area contributed by atoms with Crippen molar-refractivity contribution >= 4 is 5.97 Å². The standard InChI is InChI=1S/C32H52O4/c1-27(2)14-16-32(26(35)36-19-18-33)17-15-30(6)21(22(32)20-27)8-9-24-29(5)12-11-25(34)28(3,4)23(29)10-13-31(24,30)7/h8,22-25,33-34H,9-20H2,1-7H3/t22-,23?,24?,25-,29-,30+,31+,32-/m0/s1. The largest absolute Gasteiger partial charge is 0.463 e. The van der Waals surface area contributed by atoms with Crippen LogP contribution in [-0.4, -0.2) is 35.5 Å². The Kier molecular flexibility index (Phi) is 6.17. The zero-order chi connectivity index (χ0) is 26.4. The van der Waals surface area contributed by atoms with E-state index in [1.807, 2.05) is 0 Å². The lowest BCUT2D eigenvalue weighted by atomic mass is 9.33. The van der Waals surface area contributed by atoms with Gasteiger partial charge in [0.1, 0.15) is 6.61 Å². The molecule has 204 valence electrons. The summed E-state index contributed by atoms with van der Waals surface area (Å²) in [6.07, 6.45) is 12.9. The molecule has 0 heterocycles. The Morgan fingerprint density at radius 1 is 0.944 bits per heavy atom. The van der Waals surface area contributed by atoms with E-state index < -0.39 is 5.41 Å². The van der Waals surface area contributed by atoms with Crippen molar-refractivity contribution in [2.75, 3.05) is 13.2 Å². The number of hydrogen-bond donors (Lipinski definition) is 2. The van der Waals surface area contributed by atoms with Crippen molar-refractivity contribution in [1.82, 2.24) is 0 Å². The van der Waals surface area contributed by atoms with Gasteiger partial charge in [0.2, 0.25) is 0 Å². The van der Waals surface area contributed by atoms with Crippen LogP contribution in [0.3, 0.4) is 0 Å². The number of ether oxygens (including phenoxy) is 1. The summed E-state index contributed by atoms with van der Waals surface area (Å²) in [4.78, 5) is 13.6. The minimum Gasteiger partial charge on any atom is -0.463 e. The lowest BCUT2D eigenvalue weighted by Gasteiger charge is -2.71. The van der Waals surface area contributed by atoms with Crippen molar-refractivity contribution in [3.63, 3.8) is 0 Å². The summed E-state index contributed by atoms with van der Waals surface area (Å²) in [5.41, 5.74) is 1.82. The van der Waals surface area contributed by atoms with Crippen molar-refractivity contribution in [2.45, 2.75) is 119 Å². The van der Waals surface area contributed by atoms with Gasteiger partial charge in [-0.3, -0.25) is 4.79 Å². The van der Waals surface area contributed by atoms with Crippen LogP contribution in [0.5, 0.6) is 0 Å². The molecule has 5 aliphatic carbocycles. The van der Waals surface area contributed by atoms with Gasteiger partial charge in [0, 0.05) is 0 Å². The molecule has 4 nitrogen and oxygen atoms in total. The highest BCUT2D eigenvalue weighted by atomic mass is 16.5. The second-order valence-corrected chi connectivity index (χ2v) is 15.6. The van der Waals surface area contributed by atoms with Crippen LogP contribution >= 0.6 is 0 Å². The van der Waals surface area contributed by atoms with Crippen LogP contribution in [0, 0.1) is 50.2 Å². The van der Waals surface area contributed by atoms with Crippen LogP contribution < -0.4 is 0 Å². The Bertz CT molecular complexity index is 934. The second-order valence-electron chi connectivity index (χ2n) is 15.6. The van der Waals surface area contributed by atoms with Crippen LogP contribution in [-0.2, 0) is 9.53 Å². The van der Waals surface area contributed by atoms with Crippen LogP contribution in [0.15, 0.2) is 11.6 Å². The van der Waals surface area contributed by atoms with Crippen molar-refractivity contribution < 1.29 is 19.7 Å². The van der Waals surface area contributed by atoms with Crippen LogP contribution in [0.2, 0.25) is 0 Å². The third kappa shape index (κ3) is 3.41. The fraction of sp³-hybridized carbons (Fsp3) is 0.906. The highest BCUT2D eigenvalue weighted by molar-refractivity contribution is 5.78. The second kappa shape index (κ2) is 8.31. The zero-order valence-corrected chi connectivity index (χ0v) is 24.1. The smallest absolute Gasteiger partial charge is 0.312 e. The minimum atomic E-state index is -0.433. The summed E-state index contributed by atoms with van der Waals surface area (Å²) in [5, 5.41) is 20.3. The Labute approximate surface area is 219 Å². The fourth-order valence-electron chi connectivity index (χ4n) is 10.9. The van der Waals surface area contributed by atoms with Gasteiger partial charge in [-0.15, -0.1) is 0 Å². The van der Waals surface area contributed by atoms with Gasteiger partial charge in [-0.05, 0) is 109 Å². The molecular weight excluding hydrogens is 448 g/mol. The molecule has 5 rings (SSSR count).